The lowest BCUT2D eigenvalue weighted by Crippen LogP contribution is -2.00. The number of hydrogen-bond donors (Lipinski definition) is 0. The first-order valence-electron chi connectivity index (χ1n) is 49.5. The third-order valence-electron chi connectivity index (χ3n) is 27.3. The Morgan fingerprint density at radius 2 is 0.348 bits per heavy atom. The van der Waals surface area contributed by atoms with Crippen LogP contribution in [0.2, 0.25) is 0 Å². The van der Waals surface area contributed by atoms with Gasteiger partial charge in [-0.2, -0.15) is 0 Å². The van der Waals surface area contributed by atoms with Crippen LogP contribution in [0.4, 0.5) is 0 Å². The van der Waals surface area contributed by atoms with Gasteiger partial charge in [-0.25, -0.2) is 0 Å². The van der Waals surface area contributed by atoms with E-state index in [2.05, 4.69) is 544 Å². The molecule has 20 rings (SSSR count). The molecule has 0 N–H and O–H groups in total. The molecule has 0 radical (unpaired) electrons. The highest BCUT2D eigenvalue weighted by molar-refractivity contribution is 5.94. The molecule has 20 aromatic rings. The molecule has 696 valence electrons. The largest absolute Gasteiger partial charge is 0.495 e. The Morgan fingerprint density at radius 3 is 0.645 bits per heavy atom. The molecular formula is C140H130O. The van der Waals surface area contributed by atoms with Crippen LogP contribution in [0, 0.1) is 132 Å². The molecule has 141 heavy (non-hydrogen) atoms. The second-order valence-electron chi connectivity index (χ2n) is 38.6. The average Bonchev–Trinajstić information content (AvgIpc) is 0.745. The summed E-state index contributed by atoms with van der Waals surface area (Å²) in [6.07, 6.45) is 0. The fourth-order valence-electron chi connectivity index (χ4n) is 20.8. The van der Waals surface area contributed by atoms with Crippen molar-refractivity contribution in [2.45, 2.75) is 132 Å². The lowest BCUT2D eigenvalue weighted by atomic mass is 9.80. The topological polar surface area (TPSA) is 9.23 Å². The normalized spacial score (nSPS) is 10.8. The zero-order chi connectivity index (χ0) is 99.1. The van der Waals surface area contributed by atoms with Crippen LogP contribution in [0.3, 0.4) is 0 Å². The molecule has 1 nitrogen and oxygen atoms in total. The van der Waals surface area contributed by atoms with Crippen LogP contribution in [0.1, 0.15) is 106 Å². The van der Waals surface area contributed by atoms with Gasteiger partial charge in [0.25, 0.3) is 0 Å². The Labute approximate surface area is 840 Å². The third kappa shape index (κ3) is 23.3. The summed E-state index contributed by atoms with van der Waals surface area (Å²) in [5, 5.41) is 0. The smallest absolute Gasteiger partial charge is 0.134 e. The summed E-state index contributed by atoms with van der Waals surface area (Å²) in [6.45, 7) is 41.8. The first kappa shape index (κ1) is 98.3. The van der Waals surface area contributed by atoms with Crippen molar-refractivity contribution in [3.8, 4) is 173 Å². The van der Waals surface area contributed by atoms with Gasteiger partial charge < -0.3 is 4.74 Å². The predicted octanol–water partition coefficient (Wildman–Crippen LogP) is 39.3. The van der Waals surface area contributed by atoms with Gasteiger partial charge in [-0.15, -0.1) is 0 Å². The molecule has 0 atom stereocenters. The Balaban J connectivity index is 0.000000127. The summed E-state index contributed by atoms with van der Waals surface area (Å²) in [7, 11) is 1.75. The zero-order valence-corrected chi connectivity index (χ0v) is 85.8. The molecule has 1 heteroatoms. The highest BCUT2D eigenvalue weighted by Gasteiger charge is 2.24. The lowest BCUT2D eigenvalue weighted by Gasteiger charge is -2.23. The van der Waals surface area contributed by atoms with Crippen LogP contribution < -0.4 is 4.74 Å². The summed E-state index contributed by atoms with van der Waals surface area (Å²) in [4.78, 5) is 0. The number of ether oxygens (including phenoxy) is 1. The van der Waals surface area contributed by atoms with Gasteiger partial charge in [-0.1, -0.05) is 414 Å². The van der Waals surface area contributed by atoms with E-state index >= 15 is 0 Å². The van der Waals surface area contributed by atoms with Gasteiger partial charge in [0.05, 0.1) is 7.11 Å². The van der Waals surface area contributed by atoms with Crippen molar-refractivity contribution in [2.75, 3.05) is 7.11 Å². The molecule has 0 amide bonds. The molecule has 0 bridgehead atoms. The van der Waals surface area contributed by atoms with E-state index in [4.69, 9.17) is 4.74 Å². The van der Waals surface area contributed by atoms with Gasteiger partial charge in [-0.3, -0.25) is 0 Å². The van der Waals surface area contributed by atoms with E-state index in [1.54, 1.807) is 7.11 Å². The number of methoxy groups -OCH3 is 1. The minimum atomic E-state index is 0.906. The highest BCUT2D eigenvalue weighted by atomic mass is 16.5. The van der Waals surface area contributed by atoms with Gasteiger partial charge in [0.15, 0.2) is 0 Å². The van der Waals surface area contributed by atoms with Gasteiger partial charge >= 0.3 is 0 Å². The summed E-state index contributed by atoms with van der Waals surface area (Å²) in [5.41, 5.74) is 63.0. The first-order chi connectivity index (χ1) is 68.2. The Hall–Kier alpha value is -15.8. The molecule has 0 aliphatic heterocycles. The average molecular weight is 1830 g/mol. The van der Waals surface area contributed by atoms with E-state index in [9.17, 15) is 0 Å². The Morgan fingerprint density at radius 1 is 0.121 bits per heavy atom. The van der Waals surface area contributed by atoms with Crippen LogP contribution >= 0.6 is 0 Å². The minimum absolute atomic E-state index is 0.906. The molecule has 0 fully saturated rings. The minimum Gasteiger partial charge on any atom is -0.495 e. The second-order valence-corrected chi connectivity index (χ2v) is 38.6. The van der Waals surface area contributed by atoms with E-state index in [-0.39, 0.29) is 0 Å². The van der Waals surface area contributed by atoms with E-state index in [0.717, 1.165) is 28.0 Å². The monoisotopic (exact) mass is 1830 g/mol. The maximum absolute atomic E-state index is 5.90. The van der Waals surface area contributed by atoms with Gasteiger partial charge in [0.1, 0.15) is 5.75 Å². The first-order valence-corrected chi connectivity index (χ1v) is 49.5. The summed E-state index contributed by atoms with van der Waals surface area (Å²) in [6, 6.07) is 153. The predicted molar refractivity (Wildman–Crippen MR) is 610 cm³/mol. The van der Waals surface area contributed by atoms with Crippen molar-refractivity contribution in [1.29, 1.82) is 0 Å². The van der Waals surface area contributed by atoms with Crippen molar-refractivity contribution in [2.24, 2.45) is 0 Å². The van der Waals surface area contributed by atoms with Crippen LogP contribution in [-0.2, 0) is 0 Å². The van der Waals surface area contributed by atoms with Crippen LogP contribution in [-0.4, -0.2) is 7.11 Å². The highest BCUT2D eigenvalue weighted by Crippen LogP contribution is 2.48. The van der Waals surface area contributed by atoms with Crippen molar-refractivity contribution in [1.82, 2.24) is 0 Å². The Kier molecular flexibility index (Phi) is 31.2. The molecule has 0 spiro atoms. The summed E-state index contributed by atoms with van der Waals surface area (Å²) >= 11 is 0. The molecule has 0 aliphatic rings. The number of aryl methyl sites for hydroxylation is 15. The van der Waals surface area contributed by atoms with Crippen LogP contribution in [0.15, 0.2) is 425 Å². The van der Waals surface area contributed by atoms with E-state index in [1.165, 1.54) is 250 Å². The van der Waals surface area contributed by atoms with Gasteiger partial charge in [0.2, 0.25) is 0 Å². The maximum atomic E-state index is 5.90. The standard InChI is InChI=1S/C31H32.C29H28.C28H26.C26H22O.C26H22/c1-19-9-8-10-26(15-19)27-16-28(30-22(4)11-20(2)12-23(30)5)18-29(17-27)31-24(6)13-21(3)14-25(31)7;1-19-7-6-8-24(13-19)25-16-26(28-14-20(2)9-11-22(28)4)18-27(17-25)29-15-21(3)10-12-23(29)5;1-19-12-11-17-25(18-19)28-21(3)26(23-13-7-5-8-14-23)20(2)27(22(28)4)24-15-9-6-10-16-24;1-19-10-9-15-22(16-19)23-17-24(20-11-5-3-6-12-20)26(27-2)25(18-23)21-13-7-4-8-14-21;1-19-10-9-15-23(16-19)24-17-25(21-11-5-3-6-12-21)20(2)26(18-24)22-13-7-4-8-14-22/h8-18H,1-7H3;6-18H,1-5H3;5-18H,1-4H3;3-18H,1-2H3;3-18H,1-2H3. The number of benzene rings is 20. The molecule has 20 aromatic carbocycles. The SMILES string of the molecule is COc1c(-c2ccccc2)cc(-c2cccc(C)c2)cc1-c1ccccc1.Cc1cccc(-c2c(C)c(-c3ccccc3)c(C)c(-c3ccccc3)c2C)c1.Cc1cccc(-c2cc(-c3c(C)cc(C)cc3C)cc(-c3c(C)cc(C)cc3C)c2)c1.Cc1cccc(-c2cc(-c3cc(C)ccc3C)cc(-c3cc(C)ccc3C)c2)c1.Cc1cccc(-c2cc(-c3ccccc3)c(C)c(-c3ccccc3)c2)c1. The fourth-order valence-corrected chi connectivity index (χ4v) is 20.8. The quantitative estimate of drug-likeness (QED) is 0.0937. The van der Waals surface area contributed by atoms with Crippen molar-refractivity contribution in [3.63, 3.8) is 0 Å². The lowest BCUT2D eigenvalue weighted by molar-refractivity contribution is 0.418. The molecule has 0 unspecified atom stereocenters. The molecule has 0 saturated carbocycles. The Bertz CT molecular complexity index is 7460. The van der Waals surface area contributed by atoms with Crippen LogP contribution in [0.5, 0.6) is 5.75 Å². The molecule has 0 aromatic heterocycles. The van der Waals surface area contributed by atoms with Gasteiger partial charge in [0, 0.05) is 11.1 Å². The zero-order valence-electron chi connectivity index (χ0n) is 85.8. The molecule has 0 aliphatic carbocycles. The number of rotatable bonds is 16. The van der Waals surface area contributed by atoms with Crippen molar-refractivity contribution < 1.29 is 4.74 Å². The van der Waals surface area contributed by atoms with E-state index in [0.29, 0.717) is 0 Å². The number of hydrogen-bond acceptors (Lipinski definition) is 1. The van der Waals surface area contributed by atoms with Crippen molar-refractivity contribution in [3.05, 3.63) is 530 Å². The molecule has 0 heterocycles. The van der Waals surface area contributed by atoms with Gasteiger partial charge in [-0.05, 0) is 404 Å². The van der Waals surface area contributed by atoms with E-state index < -0.39 is 0 Å². The van der Waals surface area contributed by atoms with E-state index in [1.807, 2.05) is 12.1 Å². The molecular weight excluding hydrogens is 1700 g/mol. The second kappa shape index (κ2) is 44.8. The third-order valence-corrected chi connectivity index (χ3v) is 27.3. The van der Waals surface area contributed by atoms with Crippen LogP contribution in [0.25, 0.3) is 167 Å². The fraction of sp³-hybridized carbons (Fsp3) is 0.143. The summed E-state index contributed by atoms with van der Waals surface area (Å²) < 4.78 is 5.90. The summed E-state index contributed by atoms with van der Waals surface area (Å²) in [5.74, 6) is 0.906. The van der Waals surface area contributed by atoms with Crippen molar-refractivity contribution >= 4 is 0 Å². The maximum Gasteiger partial charge on any atom is 0.134 e. The molecule has 0 saturated heterocycles.